The summed E-state index contributed by atoms with van der Waals surface area (Å²) in [6.45, 7) is 2.08. The molecule has 2 atom stereocenters. The molecule has 0 aromatic rings. The van der Waals surface area contributed by atoms with Crippen LogP contribution in [0.15, 0.2) is 0 Å². The molecule has 2 unspecified atom stereocenters. The molecule has 0 aliphatic carbocycles. The molecule has 0 aromatic heterocycles. The van der Waals surface area contributed by atoms with Gasteiger partial charge >= 0.3 is 5.97 Å². The van der Waals surface area contributed by atoms with E-state index in [2.05, 4.69) is 0 Å². The minimum Gasteiger partial charge on any atom is -0.481 e. The van der Waals surface area contributed by atoms with Crippen LogP contribution in [0.25, 0.3) is 0 Å². The second-order valence-electron chi connectivity index (χ2n) is 3.53. The van der Waals surface area contributed by atoms with Gasteiger partial charge in [-0.15, -0.1) is 0 Å². The molecule has 1 fully saturated rings. The fourth-order valence-corrected chi connectivity index (χ4v) is 1.82. The van der Waals surface area contributed by atoms with Gasteiger partial charge in [0.05, 0.1) is 25.7 Å². The van der Waals surface area contributed by atoms with Crippen molar-refractivity contribution in [2.45, 2.75) is 19.4 Å². The van der Waals surface area contributed by atoms with Crippen molar-refractivity contribution in [3.8, 4) is 0 Å². The van der Waals surface area contributed by atoms with Crippen molar-refractivity contribution in [3.63, 3.8) is 0 Å². The number of nitrogens with zero attached hydrogens (tertiary/aromatic N) is 1. The first-order chi connectivity index (χ1) is 7.06. The predicted molar refractivity (Wildman–Crippen MR) is 49.0 cm³/mol. The molecule has 1 aliphatic rings. The number of aliphatic carboxylic acids is 1. The first kappa shape index (κ1) is 12.3. The van der Waals surface area contributed by atoms with Gasteiger partial charge in [-0.3, -0.25) is 9.69 Å². The van der Waals surface area contributed by atoms with Gasteiger partial charge in [0.1, 0.15) is 0 Å². The summed E-state index contributed by atoms with van der Waals surface area (Å²) in [6.07, 6.45) is -2.44. The molecular formula is C9H15F2NO3. The molecule has 1 saturated heterocycles. The lowest BCUT2D eigenvalue weighted by Crippen LogP contribution is -2.45. The Morgan fingerprint density at radius 3 is 2.73 bits per heavy atom. The van der Waals surface area contributed by atoms with E-state index in [4.69, 9.17) is 9.84 Å². The van der Waals surface area contributed by atoms with Crippen LogP contribution in [0.2, 0.25) is 0 Å². The highest BCUT2D eigenvalue weighted by atomic mass is 19.3. The highest BCUT2D eigenvalue weighted by Gasteiger charge is 2.38. The molecule has 1 aliphatic heterocycles. The Balaban J connectivity index is 2.62. The number of carboxylic acid groups (broad SMARTS) is 1. The Kier molecular flexibility index (Phi) is 4.41. The van der Waals surface area contributed by atoms with Gasteiger partial charge in [-0.25, -0.2) is 8.78 Å². The van der Waals surface area contributed by atoms with Crippen LogP contribution in [-0.4, -0.2) is 54.7 Å². The zero-order chi connectivity index (χ0) is 11.4. The summed E-state index contributed by atoms with van der Waals surface area (Å²) in [5, 5.41) is 8.87. The molecule has 0 aromatic carbocycles. The largest absolute Gasteiger partial charge is 0.481 e. The molecular weight excluding hydrogens is 208 g/mol. The molecule has 6 heteroatoms. The molecule has 0 radical (unpaired) electrons. The van der Waals surface area contributed by atoms with Gasteiger partial charge in [-0.1, -0.05) is 6.92 Å². The van der Waals surface area contributed by atoms with Crippen LogP contribution in [0.1, 0.15) is 6.92 Å². The van der Waals surface area contributed by atoms with E-state index in [1.54, 1.807) is 6.92 Å². The van der Waals surface area contributed by atoms with Gasteiger partial charge in [0.25, 0.3) is 6.43 Å². The summed E-state index contributed by atoms with van der Waals surface area (Å²) in [5.74, 6) is -1.67. The van der Waals surface area contributed by atoms with Crippen LogP contribution in [0.4, 0.5) is 8.78 Å². The Morgan fingerprint density at radius 1 is 1.60 bits per heavy atom. The first-order valence-electron chi connectivity index (χ1n) is 4.89. The fraction of sp³-hybridized carbons (Fsp3) is 0.889. The topological polar surface area (TPSA) is 49.8 Å². The van der Waals surface area contributed by atoms with Crippen LogP contribution < -0.4 is 0 Å². The van der Waals surface area contributed by atoms with E-state index in [0.29, 0.717) is 6.54 Å². The third kappa shape index (κ3) is 3.10. The Morgan fingerprint density at radius 2 is 2.27 bits per heavy atom. The number of carboxylic acids is 1. The summed E-state index contributed by atoms with van der Waals surface area (Å²) < 4.78 is 29.5. The maximum absolute atomic E-state index is 12.2. The molecule has 88 valence electrons. The molecule has 4 nitrogen and oxygen atoms in total. The van der Waals surface area contributed by atoms with Crippen molar-refractivity contribution in [1.29, 1.82) is 0 Å². The molecule has 0 amide bonds. The number of hydrogen-bond donors (Lipinski definition) is 1. The van der Waals surface area contributed by atoms with Crippen LogP contribution >= 0.6 is 0 Å². The summed E-state index contributed by atoms with van der Waals surface area (Å²) in [7, 11) is 0. The van der Waals surface area contributed by atoms with E-state index in [9.17, 15) is 13.6 Å². The van der Waals surface area contributed by atoms with Gasteiger partial charge < -0.3 is 9.84 Å². The van der Waals surface area contributed by atoms with E-state index in [1.807, 2.05) is 0 Å². The summed E-state index contributed by atoms with van der Waals surface area (Å²) in [5.41, 5.74) is 0. The van der Waals surface area contributed by atoms with Gasteiger partial charge in [0.15, 0.2) is 0 Å². The second-order valence-corrected chi connectivity index (χ2v) is 3.53. The average Bonchev–Trinajstić information content (AvgIpc) is 2.62. The van der Waals surface area contributed by atoms with Crippen LogP contribution in [0.5, 0.6) is 0 Å². The van der Waals surface area contributed by atoms with Crippen molar-refractivity contribution >= 4 is 5.97 Å². The second kappa shape index (κ2) is 5.37. The minimum atomic E-state index is -2.44. The number of ether oxygens (including phenoxy) is 1. The molecule has 1 rings (SSSR count). The number of carbonyl (C=O) groups is 1. The van der Waals surface area contributed by atoms with Crippen LogP contribution in [-0.2, 0) is 9.53 Å². The van der Waals surface area contributed by atoms with Gasteiger partial charge in [0.2, 0.25) is 0 Å². The van der Waals surface area contributed by atoms with Gasteiger partial charge in [-0.2, -0.15) is 0 Å². The molecule has 1 heterocycles. The predicted octanol–water partition coefficient (Wildman–Crippen LogP) is 0.673. The summed E-state index contributed by atoms with van der Waals surface area (Å²) in [4.78, 5) is 12.3. The van der Waals surface area contributed by atoms with Gasteiger partial charge in [0, 0.05) is 6.04 Å². The van der Waals surface area contributed by atoms with Crippen molar-refractivity contribution in [2.24, 2.45) is 5.92 Å². The highest BCUT2D eigenvalue weighted by Crippen LogP contribution is 2.20. The van der Waals surface area contributed by atoms with E-state index < -0.39 is 30.9 Å². The lowest BCUT2D eigenvalue weighted by atomic mass is 10.0. The van der Waals surface area contributed by atoms with E-state index >= 15 is 0 Å². The van der Waals surface area contributed by atoms with Crippen LogP contribution in [0, 0.1) is 5.92 Å². The maximum atomic E-state index is 12.2. The van der Waals surface area contributed by atoms with Crippen molar-refractivity contribution < 1.29 is 23.4 Å². The number of likely N-dealkylation sites (N-methyl/N-ethyl adjacent to an activating group) is 1. The SMILES string of the molecule is CCN(CC(F)F)C1COCC1C(=O)O. The van der Waals surface area contributed by atoms with E-state index in [1.165, 1.54) is 4.90 Å². The molecule has 0 bridgehead atoms. The minimum absolute atomic E-state index is 0.111. The van der Waals surface area contributed by atoms with E-state index in [0.717, 1.165) is 0 Å². The Labute approximate surface area is 86.8 Å². The summed E-state index contributed by atoms with van der Waals surface area (Å²) in [6, 6.07) is -0.429. The highest BCUT2D eigenvalue weighted by molar-refractivity contribution is 5.71. The van der Waals surface area contributed by atoms with Gasteiger partial charge in [-0.05, 0) is 6.54 Å². The average molecular weight is 223 g/mol. The molecule has 1 N–H and O–H groups in total. The third-order valence-corrected chi connectivity index (χ3v) is 2.62. The fourth-order valence-electron chi connectivity index (χ4n) is 1.82. The number of rotatable bonds is 5. The zero-order valence-corrected chi connectivity index (χ0v) is 8.53. The standard InChI is InChI=1S/C9H15F2NO3/c1-2-12(3-8(10)11)7-5-15-4-6(7)9(13)14/h6-8H,2-5H2,1H3,(H,13,14). The zero-order valence-electron chi connectivity index (χ0n) is 8.53. The van der Waals surface area contributed by atoms with Crippen LogP contribution in [0.3, 0.4) is 0 Å². The van der Waals surface area contributed by atoms with Crippen molar-refractivity contribution in [2.75, 3.05) is 26.3 Å². The normalized spacial score (nSPS) is 26.5. The lowest BCUT2D eigenvalue weighted by molar-refractivity contribution is -0.143. The van der Waals surface area contributed by atoms with Crippen molar-refractivity contribution in [3.05, 3.63) is 0 Å². The molecule has 15 heavy (non-hydrogen) atoms. The third-order valence-electron chi connectivity index (χ3n) is 2.62. The number of halogens is 2. The Hall–Kier alpha value is -0.750. The Bertz CT molecular complexity index is 225. The quantitative estimate of drug-likeness (QED) is 0.744. The van der Waals surface area contributed by atoms with Crippen molar-refractivity contribution in [1.82, 2.24) is 4.90 Å². The number of hydrogen-bond acceptors (Lipinski definition) is 3. The number of alkyl halides is 2. The smallest absolute Gasteiger partial charge is 0.310 e. The summed E-state index contributed by atoms with van der Waals surface area (Å²) >= 11 is 0. The maximum Gasteiger partial charge on any atom is 0.310 e. The molecule has 0 spiro atoms. The first-order valence-corrected chi connectivity index (χ1v) is 4.89. The van der Waals surface area contributed by atoms with E-state index in [-0.39, 0.29) is 13.2 Å². The monoisotopic (exact) mass is 223 g/mol. The molecule has 0 saturated carbocycles. The lowest BCUT2D eigenvalue weighted by Gasteiger charge is -2.28.